The first-order valence-corrected chi connectivity index (χ1v) is 8.15. The molecule has 0 spiro atoms. The predicted molar refractivity (Wildman–Crippen MR) is 109 cm³/mol. The van der Waals surface area contributed by atoms with Gasteiger partial charge in [0, 0.05) is 5.69 Å². The first-order chi connectivity index (χ1) is 11.2. The molecule has 2 heterocycles. The highest BCUT2D eigenvalue weighted by Gasteiger charge is 2.25. The number of anilines is 1. The van der Waals surface area contributed by atoms with E-state index in [1.54, 1.807) is 0 Å². The zero-order chi connectivity index (χ0) is 16.1. The number of benzene rings is 1. The molecule has 0 saturated carbocycles. The van der Waals surface area contributed by atoms with Gasteiger partial charge in [-0.3, -0.25) is 9.89 Å². The Bertz CT molecular complexity index is 650. The SMILES string of the molecule is Cc1ccc(C(CN=C(N)Nc2ccccc2)N2CCCC2)o1.I. The van der Waals surface area contributed by atoms with E-state index >= 15 is 0 Å². The van der Waals surface area contributed by atoms with Crippen LogP contribution in [-0.2, 0) is 0 Å². The second-order valence-electron chi connectivity index (χ2n) is 5.92. The number of nitrogens with one attached hydrogen (secondary N) is 1. The number of aryl methyl sites for hydroxylation is 1. The average Bonchev–Trinajstić information content (AvgIpc) is 3.21. The van der Waals surface area contributed by atoms with Crippen molar-refractivity contribution >= 4 is 35.6 Å². The molecule has 1 aliphatic heterocycles. The first kappa shape index (κ1) is 18.8. The zero-order valence-electron chi connectivity index (χ0n) is 13.9. The van der Waals surface area contributed by atoms with Gasteiger partial charge in [-0.05, 0) is 57.1 Å². The molecule has 130 valence electrons. The van der Waals surface area contributed by atoms with Crippen LogP contribution < -0.4 is 11.1 Å². The largest absolute Gasteiger partial charge is 0.465 e. The summed E-state index contributed by atoms with van der Waals surface area (Å²) in [6.45, 7) is 4.75. The maximum absolute atomic E-state index is 6.03. The summed E-state index contributed by atoms with van der Waals surface area (Å²) in [5.41, 5.74) is 6.97. The second-order valence-corrected chi connectivity index (χ2v) is 5.92. The van der Waals surface area contributed by atoms with Gasteiger partial charge in [-0.2, -0.15) is 0 Å². The van der Waals surface area contributed by atoms with Crippen molar-refractivity contribution < 1.29 is 4.42 Å². The topological polar surface area (TPSA) is 66.8 Å². The summed E-state index contributed by atoms with van der Waals surface area (Å²) in [5.74, 6) is 2.34. The summed E-state index contributed by atoms with van der Waals surface area (Å²) < 4.78 is 5.84. The lowest BCUT2D eigenvalue weighted by Gasteiger charge is -2.24. The Morgan fingerprint density at radius 2 is 1.92 bits per heavy atom. The Labute approximate surface area is 160 Å². The molecule has 3 rings (SSSR count). The molecule has 0 aliphatic carbocycles. The number of rotatable bonds is 5. The number of hydrogen-bond acceptors (Lipinski definition) is 3. The molecule has 5 nitrogen and oxygen atoms in total. The van der Waals surface area contributed by atoms with E-state index < -0.39 is 0 Å². The molecule has 1 aliphatic rings. The number of furan rings is 1. The third kappa shape index (κ3) is 4.98. The van der Waals surface area contributed by atoms with Crippen molar-refractivity contribution in [3.05, 3.63) is 54.0 Å². The molecule has 1 fully saturated rings. The molecule has 0 bridgehead atoms. The highest BCUT2D eigenvalue weighted by Crippen LogP contribution is 2.26. The fraction of sp³-hybridized carbons (Fsp3) is 0.389. The Kier molecular flexibility index (Phi) is 7.11. The standard InChI is InChI=1S/C18H24N4O.HI/c1-14-9-10-17(23-14)16(22-11-5-6-12-22)13-20-18(19)21-15-7-3-2-4-8-15;/h2-4,7-10,16H,5-6,11-13H2,1H3,(H3,19,20,21);1H. The molecule has 1 aromatic carbocycles. The van der Waals surface area contributed by atoms with E-state index in [1.807, 2.05) is 43.3 Å². The van der Waals surface area contributed by atoms with Gasteiger partial charge in [-0.25, -0.2) is 0 Å². The van der Waals surface area contributed by atoms with Crippen LogP contribution in [0.2, 0.25) is 0 Å². The minimum absolute atomic E-state index is 0. The van der Waals surface area contributed by atoms with Crippen LogP contribution in [0.25, 0.3) is 0 Å². The number of hydrogen-bond donors (Lipinski definition) is 2. The van der Waals surface area contributed by atoms with Gasteiger partial charge in [0.2, 0.25) is 0 Å². The van der Waals surface area contributed by atoms with E-state index in [4.69, 9.17) is 10.2 Å². The lowest BCUT2D eigenvalue weighted by atomic mass is 10.2. The highest BCUT2D eigenvalue weighted by molar-refractivity contribution is 14.0. The molecule has 6 heteroatoms. The van der Waals surface area contributed by atoms with Gasteiger partial charge in [0.25, 0.3) is 0 Å². The fourth-order valence-corrected chi connectivity index (χ4v) is 2.96. The zero-order valence-corrected chi connectivity index (χ0v) is 16.3. The molecule has 0 radical (unpaired) electrons. The van der Waals surface area contributed by atoms with Gasteiger partial charge in [-0.1, -0.05) is 18.2 Å². The maximum atomic E-state index is 6.03. The Morgan fingerprint density at radius 1 is 1.21 bits per heavy atom. The molecule has 1 saturated heterocycles. The summed E-state index contributed by atoms with van der Waals surface area (Å²) in [6, 6.07) is 14.1. The van der Waals surface area contributed by atoms with Gasteiger partial charge >= 0.3 is 0 Å². The Balaban J connectivity index is 0.00000208. The number of aliphatic imine (C=N–C) groups is 1. The van der Waals surface area contributed by atoms with Crippen LogP contribution in [0.3, 0.4) is 0 Å². The van der Waals surface area contributed by atoms with Crippen molar-refractivity contribution in [2.75, 3.05) is 25.0 Å². The van der Waals surface area contributed by atoms with Gasteiger partial charge in [-0.15, -0.1) is 24.0 Å². The summed E-state index contributed by atoms with van der Waals surface area (Å²) in [6.07, 6.45) is 2.47. The van der Waals surface area contributed by atoms with Gasteiger partial charge in [0.1, 0.15) is 11.5 Å². The van der Waals surface area contributed by atoms with Crippen LogP contribution in [0.1, 0.15) is 30.4 Å². The number of nitrogens with two attached hydrogens (primary N) is 1. The van der Waals surface area contributed by atoms with Gasteiger partial charge < -0.3 is 15.5 Å². The minimum atomic E-state index is 0. The first-order valence-electron chi connectivity index (χ1n) is 8.15. The molecule has 0 amide bonds. The number of likely N-dealkylation sites (tertiary alicyclic amines) is 1. The van der Waals surface area contributed by atoms with Crippen molar-refractivity contribution in [3.8, 4) is 0 Å². The van der Waals surface area contributed by atoms with Gasteiger partial charge in [0.05, 0.1) is 12.6 Å². The Morgan fingerprint density at radius 3 is 2.54 bits per heavy atom. The highest BCUT2D eigenvalue weighted by atomic mass is 127. The third-order valence-corrected chi connectivity index (χ3v) is 4.15. The second kappa shape index (κ2) is 9.08. The lowest BCUT2D eigenvalue weighted by molar-refractivity contribution is 0.219. The molecule has 24 heavy (non-hydrogen) atoms. The normalized spacial score (nSPS) is 16.6. The molecule has 3 N–H and O–H groups in total. The third-order valence-electron chi connectivity index (χ3n) is 4.15. The molecule has 2 aromatic rings. The monoisotopic (exact) mass is 440 g/mol. The van der Waals surface area contributed by atoms with E-state index in [0.717, 1.165) is 30.3 Å². The summed E-state index contributed by atoms with van der Waals surface area (Å²) in [4.78, 5) is 6.96. The van der Waals surface area contributed by atoms with Crippen LogP contribution >= 0.6 is 24.0 Å². The quantitative estimate of drug-likeness (QED) is 0.422. The Hall–Kier alpha value is -1.54. The summed E-state index contributed by atoms with van der Waals surface area (Å²) >= 11 is 0. The average molecular weight is 440 g/mol. The molecular formula is C18H25IN4O. The van der Waals surface area contributed by atoms with E-state index in [0.29, 0.717) is 12.5 Å². The van der Waals surface area contributed by atoms with Crippen LogP contribution in [0, 0.1) is 6.92 Å². The van der Waals surface area contributed by atoms with Crippen LogP contribution in [0.4, 0.5) is 5.69 Å². The molecular weight excluding hydrogens is 415 g/mol. The van der Waals surface area contributed by atoms with Crippen molar-refractivity contribution in [2.45, 2.75) is 25.8 Å². The van der Waals surface area contributed by atoms with E-state index in [1.165, 1.54) is 12.8 Å². The maximum Gasteiger partial charge on any atom is 0.193 e. The van der Waals surface area contributed by atoms with Crippen LogP contribution in [0.5, 0.6) is 0 Å². The van der Waals surface area contributed by atoms with E-state index in [9.17, 15) is 0 Å². The van der Waals surface area contributed by atoms with E-state index in [2.05, 4.69) is 21.3 Å². The number of nitrogens with zero attached hydrogens (tertiary/aromatic N) is 2. The molecule has 1 atom stereocenters. The molecule has 1 unspecified atom stereocenters. The van der Waals surface area contributed by atoms with Crippen molar-refractivity contribution in [1.82, 2.24) is 4.90 Å². The van der Waals surface area contributed by atoms with Crippen LogP contribution in [0.15, 0.2) is 51.9 Å². The lowest BCUT2D eigenvalue weighted by Crippen LogP contribution is -2.30. The minimum Gasteiger partial charge on any atom is -0.465 e. The summed E-state index contributed by atoms with van der Waals surface area (Å²) in [7, 11) is 0. The van der Waals surface area contributed by atoms with E-state index in [-0.39, 0.29) is 30.0 Å². The number of para-hydroxylation sites is 1. The predicted octanol–water partition coefficient (Wildman–Crippen LogP) is 3.77. The van der Waals surface area contributed by atoms with Crippen LogP contribution in [-0.4, -0.2) is 30.5 Å². The fourth-order valence-electron chi connectivity index (χ4n) is 2.96. The van der Waals surface area contributed by atoms with Crippen molar-refractivity contribution in [2.24, 2.45) is 10.7 Å². The van der Waals surface area contributed by atoms with Crippen molar-refractivity contribution in [1.29, 1.82) is 0 Å². The smallest absolute Gasteiger partial charge is 0.193 e. The summed E-state index contributed by atoms with van der Waals surface area (Å²) in [5, 5.41) is 3.12. The van der Waals surface area contributed by atoms with Gasteiger partial charge in [0.15, 0.2) is 5.96 Å². The molecule has 1 aromatic heterocycles. The number of guanidine groups is 1. The van der Waals surface area contributed by atoms with Crippen molar-refractivity contribution in [3.63, 3.8) is 0 Å². The number of halogens is 1.